The van der Waals surface area contributed by atoms with Gasteiger partial charge in [0.2, 0.25) is 15.9 Å². The average molecular weight is 483 g/mol. The van der Waals surface area contributed by atoms with E-state index in [0.717, 1.165) is 11.8 Å². The predicted molar refractivity (Wildman–Crippen MR) is 117 cm³/mol. The van der Waals surface area contributed by atoms with Gasteiger partial charge in [-0.25, -0.2) is 13.1 Å². The number of carbonyl (C=O) groups excluding carboxylic acids is 1. The van der Waals surface area contributed by atoms with E-state index in [1.165, 1.54) is 13.1 Å². The molecule has 0 bridgehead atoms. The number of sulfonamides is 1. The van der Waals surface area contributed by atoms with Gasteiger partial charge in [-0.15, -0.1) is 10.2 Å². The van der Waals surface area contributed by atoms with Gasteiger partial charge in [-0.1, -0.05) is 41.6 Å². The molecule has 1 amide bonds. The second-order valence-electron chi connectivity index (χ2n) is 6.21. The van der Waals surface area contributed by atoms with Crippen LogP contribution in [0, 0.1) is 6.92 Å². The van der Waals surface area contributed by atoms with Crippen molar-refractivity contribution in [3.05, 3.63) is 58.9 Å². The highest BCUT2D eigenvalue weighted by atomic mass is 35.5. The summed E-state index contributed by atoms with van der Waals surface area (Å²) in [6.07, 6.45) is 0. The van der Waals surface area contributed by atoms with Gasteiger partial charge in [-0.2, -0.15) is 0 Å². The van der Waals surface area contributed by atoms with E-state index < -0.39 is 10.0 Å². The van der Waals surface area contributed by atoms with Crippen LogP contribution in [0.15, 0.2) is 57.0 Å². The van der Waals surface area contributed by atoms with Crippen LogP contribution in [0.3, 0.4) is 0 Å². The lowest BCUT2D eigenvalue weighted by atomic mass is 10.2. The van der Waals surface area contributed by atoms with Crippen molar-refractivity contribution < 1.29 is 22.4 Å². The maximum absolute atomic E-state index is 12.2. The summed E-state index contributed by atoms with van der Waals surface area (Å²) in [5, 5.41) is 11.1. The molecule has 2 N–H and O–H groups in total. The van der Waals surface area contributed by atoms with Gasteiger partial charge in [0.05, 0.1) is 15.7 Å². The Morgan fingerprint density at radius 3 is 2.74 bits per heavy atom. The minimum Gasteiger partial charge on any atom is -0.482 e. The van der Waals surface area contributed by atoms with Crippen molar-refractivity contribution in [3.63, 3.8) is 0 Å². The summed E-state index contributed by atoms with van der Waals surface area (Å²) in [6, 6.07) is 11.7. The fourth-order valence-corrected chi connectivity index (χ4v) is 4.22. The van der Waals surface area contributed by atoms with Crippen molar-refractivity contribution in [1.29, 1.82) is 0 Å². The van der Waals surface area contributed by atoms with Crippen LogP contribution in [0.2, 0.25) is 5.02 Å². The van der Waals surface area contributed by atoms with Crippen LogP contribution >= 0.6 is 23.4 Å². The zero-order valence-electron chi connectivity index (χ0n) is 16.6. The summed E-state index contributed by atoms with van der Waals surface area (Å²) < 4.78 is 37.4. The number of aryl methyl sites for hydroxylation is 1. The molecule has 9 nitrogen and oxygen atoms in total. The van der Waals surface area contributed by atoms with Crippen LogP contribution in [0.1, 0.15) is 11.5 Å². The number of nitrogens with zero attached hydrogens (tertiary/aromatic N) is 2. The number of benzene rings is 2. The Kier molecular flexibility index (Phi) is 7.55. The van der Waals surface area contributed by atoms with E-state index in [1.54, 1.807) is 43.3 Å². The third kappa shape index (κ3) is 6.20. The molecule has 0 aliphatic heterocycles. The predicted octanol–water partition coefficient (Wildman–Crippen LogP) is 3.25. The highest BCUT2D eigenvalue weighted by molar-refractivity contribution is 7.99. The Hall–Kier alpha value is -2.60. The number of carbonyl (C=O) groups is 1. The molecule has 0 aliphatic carbocycles. The van der Waals surface area contributed by atoms with Gasteiger partial charge in [0.25, 0.3) is 11.1 Å². The number of hydrogen-bond donors (Lipinski definition) is 2. The molecule has 12 heteroatoms. The van der Waals surface area contributed by atoms with Crippen LogP contribution in [-0.2, 0) is 21.4 Å². The molecule has 3 rings (SSSR count). The Balaban J connectivity index is 1.54. The number of rotatable bonds is 9. The Labute approximate surface area is 188 Å². The third-order valence-corrected chi connectivity index (χ3v) is 6.68. The average Bonchev–Trinajstić information content (AvgIpc) is 3.21. The summed E-state index contributed by atoms with van der Waals surface area (Å²) in [6.45, 7) is 1.71. The number of ether oxygens (including phenoxy) is 1. The van der Waals surface area contributed by atoms with E-state index in [0.29, 0.717) is 22.0 Å². The largest absolute Gasteiger partial charge is 0.482 e. The number of para-hydroxylation sites is 1. The molecular weight excluding hydrogens is 464 g/mol. The molecule has 0 radical (unpaired) electrons. The molecule has 0 aliphatic rings. The molecule has 31 heavy (non-hydrogen) atoms. The zero-order chi connectivity index (χ0) is 22.4. The van der Waals surface area contributed by atoms with Crippen LogP contribution in [0.5, 0.6) is 5.75 Å². The minimum absolute atomic E-state index is 0.00497. The van der Waals surface area contributed by atoms with E-state index in [1.807, 2.05) is 0 Å². The standard InChI is InChI=1S/C19H19ClN4O5S2/c1-12-7-8-13(9-16(12)31(26,27)21-2)22-17(25)11-30-19-24-23-18(29-19)10-28-15-6-4-3-5-14(15)20/h3-9,21H,10-11H2,1-2H3,(H,22,25). The topological polar surface area (TPSA) is 123 Å². The molecule has 2 aromatic carbocycles. The number of amides is 1. The highest BCUT2D eigenvalue weighted by Crippen LogP contribution is 2.25. The lowest BCUT2D eigenvalue weighted by molar-refractivity contribution is -0.113. The quantitative estimate of drug-likeness (QED) is 0.445. The summed E-state index contributed by atoms with van der Waals surface area (Å²) in [4.78, 5) is 12.3. The summed E-state index contributed by atoms with van der Waals surface area (Å²) in [7, 11) is -2.30. The van der Waals surface area contributed by atoms with Crippen molar-refractivity contribution in [1.82, 2.24) is 14.9 Å². The fraction of sp³-hybridized carbons (Fsp3) is 0.211. The Morgan fingerprint density at radius 2 is 2.00 bits per heavy atom. The van der Waals surface area contributed by atoms with E-state index >= 15 is 0 Å². The molecule has 0 spiro atoms. The lowest BCUT2D eigenvalue weighted by Gasteiger charge is -2.10. The number of anilines is 1. The van der Waals surface area contributed by atoms with E-state index in [-0.39, 0.29) is 34.3 Å². The Bertz CT molecular complexity index is 1180. The number of nitrogens with one attached hydrogen (secondary N) is 2. The fourth-order valence-electron chi connectivity index (χ4n) is 2.46. The van der Waals surface area contributed by atoms with Crippen LogP contribution in [-0.4, -0.2) is 37.3 Å². The van der Waals surface area contributed by atoms with E-state index in [2.05, 4.69) is 20.2 Å². The van der Waals surface area contributed by atoms with Crippen molar-refractivity contribution in [2.24, 2.45) is 0 Å². The molecule has 0 unspecified atom stereocenters. The first-order valence-electron chi connectivity index (χ1n) is 8.95. The lowest BCUT2D eigenvalue weighted by Crippen LogP contribution is -2.20. The van der Waals surface area contributed by atoms with Crippen molar-refractivity contribution in [2.75, 3.05) is 18.1 Å². The third-order valence-electron chi connectivity index (χ3n) is 3.99. The molecule has 1 heterocycles. The first-order valence-corrected chi connectivity index (χ1v) is 11.8. The molecule has 0 saturated carbocycles. The summed E-state index contributed by atoms with van der Waals surface area (Å²) in [5.74, 6) is 0.375. The summed E-state index contributed by atoms with van der Waals surface area (Å²) >= 11 is 7.07. The van der Waals surface area contributed by atoms with Gasteiger partial charge in [-0.05, 0) is 43.8 Å². The number of aromatic nitrogens is 2. The molecule has 164 valence electrons. The second-order valence-corrected chi connectivity index (χ2v) is 9.39. The zero-order valence-corrected chi connectivity index (χ0v) is 19.0. The van der Waals surface area contributed by atoms with Gasteiger partial charge in [0.1, 0.15) is 5.75 Å². The maximum Gasteiger partial charge on any atom is 0.277 e. The molecule has 0 saturated heterocycles. The van der Waals surface area contributed by atoms with Crippen LogP contribution in [0.25, 0.3) is 0 Å². The number of hydrogen-bond acceptors (Lipinski definition) is 8. The van der Waals surface area contributed by atoms with Crippen molar-refractivity contribution in [2.45, 2.75) is 23.6 Å². The molecule has 1 aromatic heterocycles. The van der Waals surface area contributed by atoms with E-state index in [4.69, 9.17) is 20.8 Å². The van der Waals surface area contributed by atoms with Crippen molar-refractivity contribution in [3.8, 4) is 5.75 Å². The van der Waals surface area contributed by atoms with E-state index in [9.17, 15) is 13.2 Å². The van der Waals surface area contributed by atoms with Gasteiger partial charge >= 0.3 is 0 Å². The van der Waals surface area contributed by atoms with Crippen LogP contribution < -0.4 is 14.8 Å². The van der Waals surface area contributed by atoms with Gasteiger partial charge < -0.3 is 14.5 Å². The highest BCUT2D eigenvalue weighted by Gasteiger charge is 2.16. The summed E-state index contributed by atoms with van der Waals surface area (Å²) in [5.41, 5.74) is 0.934. The van der Waals surface area contributed by atoms with Gasteiger partial charge in [0, 0.05) is 5.69 Å². The molecule has 0 fully saturated rings. The molecule has 0 atom stereocenters. The smallest absolute Gasteiger partial charge is 0.277 e. The number of halogens is 1. The number of thioether (sulfide) groups is 1. The first kappa shape index (κ1) is 23.1. The van der Waals surface area contributed by atoms with Gasteiger partial charge in [-0.3, -0.25) is 4.79 Å². The SMILES string of the molecule is CNS(=O)(=O)c1cc(NC(=O)CSc2nnc(COc3ccccc3Cl)o2)ccc1C. The van der Waals surface area contributed by atoms with Gasteiger partial charge in [0.15, 0.2) is 6.61 Å². The minimum atomic E-state index is -3.63. The van der Waals surface area contributed by atoms with Crippen LogP contribution in [0.4, 0.5) is 5.69 Å². The molecular formula is C19H19ClN4O5S2. The van der Waals surface area contributed by atoms with Crippen molar-refractivity contribution >= 4 is 45.0 Å². The molecule has 3 aromatic rings. The Morgan fingerprint density at radius 1 is 1.23 bits per heavy atom. The maximum atomic E-state index is 12.2. The second kappa shape index (κ2) is 10.1. The monoisotopic (exact) mass is 482 g/mol. The normalized spacial score (nSPS) is 11.3. The first-order chi connectivity index (χ1) is 14.8.